The summed E-state index contributed by atoms with van der Waals surface area (Å²) in [6, 6.07) is 0. The number of phosphoric acid groups is 1. The van der Waals surface area contributed by atoms with Crippen LogP contribution in [0.1, 0.15) is 361 Å². The molecule has 2 unspecified atom stereocenters. The monoisotopic (exact) mass is 1360 g/mol. The first-order chi connectivity index (χ1) is 47.0. The number of likely N-dealkylation sites (N-methyl/N-ethyl adjacent to an activating group) is 1. The molecule has 10 heteroatoms. The Bertz CT molecular complexity index is 2040. The zero-order valence-electron chi connectivity index (χ0n) is 63.3. The molecule has 0 radical (unpaired) electrons. The average molecular weight is 1360 g/mol. The molecule has 0 aromatic heterocycles. The maximum Gasteiger partial charge on any atom is 0.306 e. The average Bonchev–Trinajstić information content (AvgIpc) is 2.72. The van der Waals surface area contributed by atoms with Crippen molar-refractivity contribution >= 4 is 19.8 Å². The Kier molecular flexibility index (Phi) is 72.8. The summed E-state index contributed by atoms with van der Waals surface area (Å²) in [6.45, 7) is 4.16. The molecule has 0 aliphatic heterocycles. The first kappa shape index (κ1) is 92.4. The number of carbonyl (C=O) groups is 2. The van der Waals surface area contributed by atoms with Crippen molar-refractivity contribution in [2.24, 2.45) is 0 Å². The lowest BCUT2D eigenvalue weighted by Crippen LogP contribution is -2.37. The number of phosphoric ester groups is 1. The third-order valence-corrected chi connectivity index (χ3v) is 18.4. The summed E-state index contributed by atoms with van der Waals surface area (Å²) in [6.07, 6.45) is 109. The smallest absolute Gasteiger partial charge is 0.306 e. The topological polar surface area (TPSA) is 111 Å². The van der Waals surface area contributed by atoms with Gasteiger partial charge in [-0.15, -0.1) is 0 Å². The van der Waals surface area contributed by atoms with E-state index in [2.05, 4.69) is 135 Å². The molecule has 9 nitrogen and oxygen atoms in total. The second-order valence-corrected chi connectivity index (χ2v) is 29.5. The van der Waals surface area contributed by atoms with Gasteiger partial charge in [0.15, 0.2) is 6.10 Å². The van der Waals surface area contributed by atoms with Crippen LogP contribution in [0.25, 0.3) is 0 Å². The molecule has 0 aromatic carbocycles. The largest absolute Gasteiger partial charge is 0.756 e. The second kappa shape index (κ2) is 75.6. The second-order valence-electron chi connectivity index (χ2n) is 28.0. The summed E-state index contributed by atoms with van der Waals surface area (Å²) in [5.41, 5.74) is 0. The fraction of sp³-hybridized carbons (Fsp3) is 0.744. The van der Waals surface area contributed by atoms with Gasteiger partial charge in [0, 0.05) is 12.8 Å². The summed E-state index contributed by atoms with van der Waals surface area (Å²) >= 11 is 0. The van der Waals surface area contributed by atoms with Crippen molar-refractivity contribution in [3.8, 4) is 0 Å². The number of carbonyl (C=O) groups excluding carboxylic acids is 2. The Morgan fingerprint density at radius 3 is 0.896 bits per heavy atom. The van der Waals surface area contributed by atoms with Gasteiger partial charge >= 0.3 is 11.9 Å². The van der Waals surface area contributed by atoms with Gasteiger partial charge < -0.3 is 27.9 Å². The number of hydrogen-bond acceptors (Lipinski definition) is 8. The van der Waals surface area contributed by atoms with E-state index in [1.165, 1.54) is 225 Å². The zero-order chi connectivity index (χ0) is 69.7. The lowest BCUT2D eigenvalue weighted by Gasteiger charge is -2.28. The van der Waals surface area contributed by atoms with E-state index in [0.717, 1.165) is 103 Å². The van der Waals surface area contributed by atoms with Gasteiger partial charge in [0.05, 0.1) is 27.7 Å². The van der Waals surface area contributed by atoms with Crippen molar-refractivity contribution in [2.75, 3.05) is 47.5 Å². The Labute approximate surface area is 594 Å². The van der Waals surface area contributed by atoms with E-state index in [1.54, 1.807) is 0 Å². The number of unbranched alkanes of at least 4 members (excludes halogenated alkanes) is 40. The van der Waals surface area contributed by atoms with Crippen LogP contribution in [0.5, 0.6) is 0 Å². The number of esters is 2. The molecule has 96 heavy (non-hydrogen) atoms. The van der Waals surface area contributed by atoms with Gasteiger partial charge in [0.1, 0.15) is 19.8 Å². The zero-order valence-corrected chi connectivity index (χ0v) is 64.2. The van der Waals surface area contributed by atoms with Gasteiger partial charge in [-0.25, -0.2) is 0 Å². The van der Waals surface area contributed by atoms with E-state index >= 15 is 0 Å². The van der Waals surface area contributed by atoms with Crippen LogP contribution in [-0.4, -0.2) is 70.0 Å². The number of nitrogens with zero attached hydrogens (tertiary/aromatic N) is 1. The summed E-state index contributed by atoms with van der Waals surface area (Å²) < 4.78 is 34.4. The van der Waals surface area contributed by atoms with E-state index in [4.69, 9.17) is 18.5 Å². The van der Waals surface area contributed by atoms with Crippen molar-refractivity contribution in [3.63, 3.8) is 0 Å². The third kappa shape index (κ3) is 79.4. The molecular formula is C86H152NO8P. The number of quaternary nitrogens is 1. The highest BCUT2D eigenvalue weighted by molar-refractivity contribution is 7.45. The molecule has 0 aromatic rings. The lowest BCUT2D eigenvalue weighted by atomic mass is 10.0. The van der Waals surface area contributed by atoms with Crippen LogP contribution >= 0.6 is 7.82 Å². The number of rotatable bonds is 74. The van der Waals surface area contributed by atoms with Crippen LogP contribution in [0.3, 0.4) is 0 Å². The van der Waals surface area contributed by atoms with Crippen LogP contribution in [-0.2, 0) is 32.7 Å². The maximum absolute atomic E-state index is 12.9. The molecule has 0 spiro atoms. The van der Waals surface area contributed by atoms with Gasteiger partial charge in [-0.3, -0.25) is 14.2 Å². The van der Waals surface area contributed by atoms with Crippen molar-refractivity contribution in [3.05, 3.63) is 122 Å². The minimum atomic E-state index is -4.65. The van der Waals surface area contributed by atoms with Crippen LogP contribution in [0.15, 0.2) is 122 Å². The van der Waals surface area contributed by atoms with Gasteiger partial charge in [-0.2, -0.15) is 0 Å². The van der Waals surface area contributed by atoms with Crippen molar-refractivity contribution in [1.29, 1.82) is 0 Å². The predicted octanol–water partition coefficient (Wildman–Crippen LogP) is 26.3. The predicted molar refractivity (Wildman–Crippen MR) is 415 cm³/mol. The molecule has 0 bridgehead atoms. The molecule has 0 saturated heterocycles. The molecule has 0 fully saturated rings. The highest BCUT2D eigenvalue weighted by atomic mass is 31.2. The molecule has 0 amide bonds. The standard InChI is InChI=1S/C86H152NO8P/c1-6-8-10-12-14-16-18-20-22-24-26-28-30-32-34-36-38-40-42-43-45-47-49-51-53-55-57-59-61-63-65-67-69-71-73-75-77-79-86(89)95-84(83-94-96(90,91)93-81-80-87(3,4)5)82-92-85(88)78-76-74-72-70-68-66-64-62-60-58-56-54-52-50-48-46-44-41-39-37-35-33-31-29-27-25-23-21-19-17-15-13-11-9-7-2/h8,10,14,16,20,22,25-28,32,34,38,40,43,45,49,51,55,57,84H,6-7,9,11-13,15,17-19,21,23-24,29-31,33,35-37,39,41-42,44,46-48,50,52-54,56,58-83H2,1-5H3/b10-8-,16-14-,22-20-,27-25-,28-26-,34-32-,40-38-,45-43-,51-49-,57-55-. The molecule has 554 valence electrons. The first-order valence-corrected chi connectivity index (χ1v) is 41.7. The SMILES string of the molecule is CC/C=C\C/C=C\C/C=C\C/C=C\C/C=C\C/C=C\C/C=C\C/C=C\C/C=C\CCCCCCCCCCCC(=O)OC(COC(=O)CCCCCCCCCCCCCCCCCCCCCCCCC/C=C\CCCCCCCCCC)COP(=O)([O-])OCC[N+](C)(C)C. The number of allylic oxidation sites excluding steroid dienone is 20. The Hall–Kier alpha value is -3.59. The Morgan fingerprint density at radius 2 is 0.594 bits per heavy atom. The first-order valence-electron chi connectivity index (χ1n) is 40.2. The van der Waals surface area contributed by atoms with Crippen LogP contribution < -0.4 is 4.89 Å². The van der Waals surface area contributed by atoms with Gasteiger partial charge in [-0.05, 0) is 109 Å². The Morgan fingerprint density at radius 1 is 0.333 bits per heavy atom. The fourth-order valence-corrected chi connectivity index (χ4v) is 12.1. The highest BCUT2D eigenvalue weighted by Crippen LogP contribution is 2.38. The molecule has 0 rings (SSSR count). The van der Waals surface area contributed by atoms with E-state index in [1.807, 2.05) is 21.1 Å². The molecule has 0 N–H and O–H groups in total. The number of ether oxygens (including phenoxy) is 2. The normalized spacial score (nSPS) is 13.7. The molecule has 2 atom stereocenters. The van der Waals surface area contributed by atoms with Crippen molar-refractivity contribution in [1.82, 2.24) is 0 Å². The van der Waals surface area contributed by atoms with E-state index < -0.39 is 26.5 Å². The van der Waals surface area contributed by atoms with Crippen molar-refractivity contribution < 1.29 is 42.1 Å². The molecule has 0 heterocycles. The highest BCUT2D eigenvalue weighted by Gasteiger charge is 2.22. The van der Waals surface area contributed by atoms with Crippen LogP contribution in [0.4, 0.5) is 0 Å². The maximum atomic E-state index is 12.9. The molecule has 0 saturated carbocycles. The summed E-state index contributed by atoms with van der Waals surface area (Å²) in [4.78, 5) is 38.2. The minimum absolute atomic E-state index is 0.0356. The van der Waals surface area contributed by atoms with E-state index in [-0.39, 0.29) is 32.0 Å². The quantitative estimate of drug-likeness (QED) is 0.0195. The number of hydrogen-bond donors (Lipinski definition) is 0. The fourth-order valence-electron chi connectivity index (χ4n) is 11.4. The Balaban J connectivity index is 4.01. The lowest BCUT2D eigenvalue weighted by molar-refractivity contribution is -0.870. The minimum Gasteiger partial charge on any atom is -0.756 e. The van der Waals surface area contributed by atoms with Crippen LogP contribution in [0, 0.1) is 0 Å². The van der Waals surface area contributed by atoms with Crippen molar-refractivity contribution in [2.45, 2.75) is 367 Å². The van der Waals surface area contributed by atoms with E-state index in [0.29, 0.717) is 17.4 Å². The molecule has 0 aliphatic carbocycles. The summed E-state index contributed by atoms with van der Waals surface area (Å²) in [5, 5.41) is 0. The van der Waals surface area contributed by atoms with Gasteiger partial charge in [-0.1, -0.05) is 360 Å². The molecule has 0 aliphatic rings. The van der Waals surface area contributed by atoms with E-state index in [9.17, 15) is 19.0 Å². The molecular weight excluding hydrogens is 1210 g/mol. The summed E-state index contributed by atoms with van der Waals surface area (Å²) in [5.74, 6) is -0.832. The summed E-state index contributed by atoms with van der Waals surface area (Å²) in [7, 11) is 1.16. The van der Waals surface area contributed by atoms with Gasteiger partial charge in [0.25, 0.3) is 7.82 Å². The van der Waals surface area contributed by atoms with Gasteiger partial charge in [0.2, 0.25) is 0 Å². The third-order valence-electron chi connectivity index (χ3n) is 17.5. The van der Waals surface area contributed by atoms with Crippen LogP contribution in [0.2, 0.25) is 0 Å².